The maximum absolute atomic E-state index is 13.5. The Morgan fingerprint density at radius 3 is 2.58 bits per heavy atom. The van der Waals surface area contributed by atoms with Gasteiger partial charge in [0.1, 0.15) is 17.3 Å². The number of phenols is 1. The third kappa shape index (κ3) is 8.19. The lowest BCUT2D eigenvalue weighted by atomic mass is 10.2. The fourth-order valence-corrected chi connectivity index (χ4v) is 5.61. The normalized spacial score (nSPS) is 15.3. The molecule has 0 atom stereocenters. The van der Waals surface area contributed by atoms with Gasteiger partial charge in [-0.25, -0.2) is 13.6 Å². The van der Waals surface area contributed by atoms with E-state index >= 15 is 0 Å². The van der Waals surface area contributed by atoms with Crippen LogP contribution in [-0.2, 0) is 26.2 Å². The van der Waals surface area contributed by atoms with Crippen LogP contribution in [0.1, 0.15) is 16.9 Å². The van der Waals surface area contributed by atoms with Gasteiger partial charge in [-0.05, 0) is 84.6 Å². The van der Waals surface area contributed by atoms with Gasteiger partial charge in [0, 0.05) is 21.8 Å². The van der Waals surface area contributed by atoms with Gasteiger partial charge in [0.15, 0.2) is 11.8 Å². The van der Waals surface area contributed by atoms with Crippen LogP contribution in [0.3, 0.4) is 0 Å². The molecule has 1 aliphatic heterocycles. The molecule has 3 aromatic carbocycles. The zero-order valence-corrected chi connectivity index (χ0v) is 25.6. The molecule has 2 heterocycles. The number of thioether (sulfide) groups is 1. The van der Waals surface area contributed by atoms with Crippen molar-refractivity contribution < 1.29 is 32.3 Å². The molecule has 0 aliphatic carbocycles. The van der Waals surface area contributed by atoms with E-state index in [1.54, 1.807) is 54.6 Å². The maximum atomic E-state index is 13.5. The highest BCUT2D eigenvalue weighted by Gasteiger charge is 2.34. The van der Waals surface area contributed by atoms with Crippen LogP contribution in [0.15, 0.2) is 110 Å². The van der Waals surface area contributed by atoms with E-state index in [1.807, 2.05) is 0 Å². The van der Waals surface area contributed by atoms with E-state index in [-0.39, 0.29) is 38.9 Å². The summed E-state index contributed by atoms with van der Waals surface area (Å²) in [6.45, 7) is -0.299. The highest BCUT2D eigenvalue weighted by molar-refractivity contribution is 8.18. The predicted molar refractivity (Wildman–Crippen MR) is 171 cm³/mol. The van der Waals surface area contributed by atoms with Gasteiger partial charge < -0.3 is 19.6 Å². The Morgan fingerprint density at radius 1 is 1.09 bits per heavy atom. The minimum atomic E-state index is -3.87. The Hall–Kier alpha value is -4.89. The molecule has 12 nitrogen and oxygen atoms in total. The number of sulfonamides is 1. The number of aromatic hydroxyl groups is 1. The smallest absolute Gasteiger partial charge is 0.267 e. The maximum Gasteiger partial charge on any atom is 0.267 e. The van der Waals surface area contributed by atoms with E-state index in [0.717, 1.165) is 11.8 Å². The van der Waals surface area contributed by atoms with E-state index in [2.05, 4.69) is 15.5 Å². The number of hydrogen-bond donors (Lipinski definition) is 3. The number of carbonyl (C=O) groups excluding carboxylic acids is 2. The van der Waals surface area contributed by atoms with Crippen LogP contribution in [0.5, 0.6) is 11.5 Å². The van der Waals surface area contributed by atoms with E-state index in [4.69, 9.17) is 25.9 Å². The first kappa shape index (κ1) is 31.5. The predicted octanol–water partition coefficient (Wildman–Crippen LogP) is 4.81. The van der Waals surface area contributed by atoms with Crippen LogP contribution in [-0.4, -0.2) is 48.2 Å². The van der Waals surface area contributed by atoms with E-state index in [0.29, 0.717) is 27.6 Å². The summed E-state index contributed by atoms with van der Waals surface area (Å²) in [6.07, 6.45) is 4.45. The number of ether oxygens (including phenoxy) is 1. The second-order valence-electron chi connectivity index (χ2n) is 9.36. The fourth-order valence-electron chi connectivity index (χ4n) is 3.99. The summed E-state index contributed by atoms with van der Waals surface area (Å²) in [4.78, 5) is 27.7. The molecule has 2 amide bonds. The topological polar surface area (TPSA) is 177 Å². The Morgan fingerprint density at radius 2 is 1.87 bits per heavy atom. The number of halogens is 1. The zero-order chi connectivity index (χ0) is 32.0. The molecule has 1 saturated heterocycles. The lowest BCUT2D eigenvalue weighted by Gasteiger charge is -2.13. The van der Waals surface area contributed by atoms with Gasteiger partial charge >= 0.3 is 0 Å². The van der Waals surface area contributed by atoms with Crippen LogP contribution < -0.4 is 15.2 Å². The first-order chi connectivity index (χ1) is 21.6. The molecule has 1 fully saturated rings. The SMILES string of the molecule is NS(=O)(=O)c1ccc(NC(=O)COc2ccc(Cl)cc2/C=C2\S/C(=N\N=C\c3ccccc3O)N(Cc3ccco3)C2=O)cc1. The van der Waals surface area contributed by atoms with Gasteiger partial charge in [0.05, 0.1) is 28.8 Å². The third-order valence-corrected chi connectivity index (χ3v) is 8.30. The van der Waals surface area contributed by atoms with Crippen LogP contribution in [0.2, 0.25) is 5.02 Å². The van der Waals surface area contributed by atoms with Crippen molar-refractivity contribution in [3.05, 3.63) is 112 Å². The van der Waals surface area contributed by atoms with E-state index in [1.165, 1.54) is 47.7 Å². The number of benzene rings is 3. The second kappa shape index (κ2) is 13.8. The van der Waals surface area contributed by atoms with Gasteiger partial charge in [-0.3, -0.25) is 14.5 Å². The Balaban J connectivity index is 1.34. The monoisotopic (exact) mass is 665 g/mol. The molecule has 0 bridgehead atoms. The number of amides is 2. The van der Waals surface area contributed by atoms with Crippen molar-refractivity contribution in [2.24, 2.45) is 15.3 Å². The van der Waals surface area contributed by atoms with Gasteiger partial charge in [0.2, 0.25) is 10.0 Å². The Kier molecular flexibility index (Phi) is 9.68. The summed E-state index contributed by atoms with van der Waals surface area (Å²) in [5.41, 5.74) is 1.23. The zero-order valence-electron chi connectivity index (χ0n) is 23.2. The number of carbonyl (C=O) groups is 2. The molecular weight excluding hydrogens is 642 g/mol. The highest BCUT2D eigenvalue weighted by Crippen LogP contribution is 2.36. The largest absolute Gasteiger partial charge is 0.507 e. The van der Waals surface area contributed by atoms with Crippen molar-refractivity contribution in [3.8, 4) is 11.5 Å². The molecule has 0 saturated carbocycles. The van der Waals surface area contributed by atoms with E-state index < -0.39 is 22.5 Å². The van der Waals surface area contributed by atoms with Gasteiger partial charge in [0.25, 0.3) is 11.8 Å². The summed E-state index contributed by atoms with van der Waals surface area (Å²) in [5, 5.41) is 26.7. The molecule has 0 spiro atoms. The van der Waals surface area contributed by atoms with Crippen molar-refractivity contribution in [3.63, 3.8) is 0 Å². The summed E-state index contributed by atoms with van der Waals surface area (Å²) in [7, 11) is -3.87. The average molecular weight is 666 g/mol. The molecular formula is C30H24ClN5O7S2. The number of rotatable bonds is 10. The molecule has 4 N–H and O–H groups in total. The van der Waals surface area contributed by atoms with Gasteiger partial charge in [-0.2, -0.15) is 5.10 Å². The van der Waals surface area contributed by atoms with Crippen LogP contribution >= 0.6 is 23.4 Å². The number of phenolic OH excluding ortho intramolecular Hbond substituents is 1. The fraction of sp³-hybridized carbons (Fsp3) is 0.0667. The molecule has 5 rings (SSSR count). The summed E-state index contributed by atoms with van der Waals surface area (Å²) < 4.78 is 34.1. The number of anilines is 1. The summed E-state index contributed by atoms with van der Waals surface area (Å²) >= 11 is 7.32. The Labute approximate surface area is 266 Å². The number of nitrogens with two attached hydrogens (primary N) is 1. The highest BCUT2D eigenvalue weighted by atomic mass is 35.5. The number of primary sulfonamides is 1. The molecule has 4 aromatic rings. The van der Waals surface area contributed by atoms with Gasteiger partial charge in [-0.1, -0.05) is 23.7 Å². The number of nitrogens with one attached hydrogen (secondary N) is 1. The quantitative estimate of drug-likeness (QED) is 0.123. The van der Waals surface area contributed by atoms with Crippen LogP contribution in [0.25, 0.3) is 6.08 Å². The lowest BCUT2D eigenvalue weighted by Crippen LogP contribution is -2.28. The average Bonchev–Trinajstić information content (AvgIpc) is 3.62. The second-order valence-corrected chi connectivity index (χ2v) is 12.4. The Bertz CT molecular complexity index is 1930. The molecule has 230 valence electrons. The van der Waals surface area contributed by atoms with Gasteiger partial charge in [-0.15, -0.1) is 5.10 Å². The minimum absolute atomic E-state index is 0.0340. The van der Waals surface area contributed by atoms with Crippen molar-refractivity contribution in [1.82, 2.24) is 4.90 Å². The number of furan rings is 1. The molecule has 45 heavy (non-hydrogen) atoms. The number of hydrogen-bond acceptors (Lipinski definition) is 10. The molecule has 15 heteroatoms. The van der Waals surface area contributed by atoms with Crippen molar-refractivity contribution in [1.29, 1.82) is 0 Å². The van der Waals surface area contributed by atoms with Crippen molar-refractivity contribution in [2.45, 2.75) is 11.4 Å². The summed E-state index contributed by atoms with van der Waals surface area (Å²) in [6, 6.07) is 20.1. The van der Waals surface area contributed by atoms with Crippen LogP contribution in [0, 0.1) is 0 Å². The molecule has 0 unspecified atom stereocenters. The van der Waals surface area contributed by atoms with Crippen molar-refractivity contribution in [2.75, 3.05) is 11.9 Å². The standard InChI is InChI=1S/C30H24ClN5O7S2/c31-21-7-12-26(43-18-28(38)34-22-8-10-24(11-9-22)45(32,40)41)20(14-21)15-27-29(39)36(17-23-5-3-13-42-23)30(44-27)35-33-16-19-4-1-2-6-25(19)37/h1-16,37H,17-18H2,(H,34,38)(H2,32,40,41)/b27-15-,33-16+,35-30-. The first-order valence-electron chi connectivity index (χ1n) is 13.0. The number of nitrogens with zero attached hydrogens (tertiary/aromatic N) is 3. The van der Waals surface area contributed by atoms with Crippen LogP contribution in [0.4, 0.5) is 5.69 Å². The molecule has 1 aromatic heterocycles. The van der Waals surface area contributed by atoms with E-state index in [9.17, 15) is 23.1 Å². The first-order valence-corrected chi connectivity index (χ1v) is 15.8. The molecule has 1 aliphatic rings. The lowest BCUT2D eigenvalue weighted by molar-refractivity contribution is -0.122. The van der Waals surface area contributed by atoms with Crippen molar-refractivity contribution >= 4 is 68.3 Å². The number of para-hydroxylation sites is 1. The molecule has 0 radical (unpaired) electrons. The number of amidine groups is 1. The third-order valence-electron chi connectivity index (χ3n) is 6.14. The minimum Gasteiger partial charge on any atom is -0.507 e. The summed E-state index contributed by atoms with van der Waals surface area (Å²) in [5.74, 6) is -0.0499.